The first-order chi connectivity index (χ1) is 14.7. The number of nitrogens with zero attached hydrogens (tertiary/aromatic N) is 1. The first kappa shape index (κ1) is 17.3. The normalized spacial score (nSPS) is 11.8. The van der Waals surface area contributed by atoms with E-state index in [1.807, 2.05) is 0 Å². The molecule has 144 valence electrons. The number of rotatable bonds is 2. The molecule has 0 atom stereocenters. The third-order valence-electron chi connectivity index (χ3n) is 6.55. The summed E-state index contributed by atoms with van der Waals surface area (Å²) < 4.78 is 2.47. The van der Waals surface area contributed by atoms with E-state index in [9.17, 15) is 0 Å². The molecule has 0 aliphatic carbocycles. The minimum Gasteiger partial charge on any atom is -0.336 e. The summed E-state index contributed by atoms with van der Waals surface area (Å²) in [6.07, 6.45) is 0. The third-order valence-corrected chi connectivity index (χ3v) is 6.55. The summed E-state index contributed by atoms with van der Waals surface area (Å²) in [5, 5.41) is 8.03. The molecule has 0 spiro atoms. The maximum absolute atomic E-state index is 2.47. The molecule has 6 aromatic rings. The topological polar surface area (TPSA) is 4.93 Å². The lowest BCUT2D eigenvalue weighted by Crippen LogP contribution is -2.00. The summed E-state index contributed by atoms with van der Waals surface area (Å²) in [5.41, 5.74) is 6.63. The smallest absolute Gasteiger partial charge is 0.0494 e. The van der Waals surface area contributed by atoms with Gasteiger partial charge in [0.05, 0.1) is 0 Å². The van der Waals surface area contributed by atoms with Crippen LogP contribution in [0.4, 0.5) is 0 Å². The molecule has 0 saturated heterocycles. The zero-order valence-corrected chi connectivity index (χ0v) is 17.3. The SMILES string of the molecule is Cc1ccc(C)c2cc3c(Cn4c5ccccc5c5ccccc54)cccc3cc12. The molecule has 1 heterocycles. The molecule has 1 aromatic heterocycles. The van der Waals surface area contributed by atoms with Crippen molar-refractivity contribution in [2.24, 2.45) is 0 Å². The predicted octanol–water partition coefficient (Wildman–Crippen LogP) is 7.77. The highest BCUT2D eigenvalue weighted by Crippen LogP contribution is 2.33. The largest absolute Gasteiger partial charge is 0.336 e. The summed E-state index contributed by atoms with van der Waals surface area (Å²) in [7, 11) is 0. The minimum atomic E-state index is 0.863. The van der Waals surface area contributed by atoms with E-state index in [4.69, 9.17) is 0 Å². The second-order valence-corrected chi connectivity index (χ2v) is 8.36. The van der Waals surface area contributed by atoms with E-state index in [1.54, 1.807) is 0 Å². The molecule has 0 aliphatic heterocycles. The van der Waals surface area contributed by atoms with Crippen molar-refractivity contribution in [2.75, 3.05) is 0 Å². The Morgan fingerprint density at radius 3 is 1.80 bits per heavy atom. The maximum Gasteiger partial charge on any atom is 0.0494 e. The van der Waals surface area contributed by atoms with Crippen LogP contribution in [0.3, 0.4) is 0 Å². The summed E-state index contributed by atoms with van der Waals surface area (Å²) in [4.78, 5) is 0. The van der Waals surface area contributed by atoms with Gasteiger partial charge in [0.25, 0.3) is 0 Å². The number of hydrogen-bond acceptors (Lipinski definition) is 0. The Kier molecular flexibility index (Phi) is 3.73. The lowest BCUT2D eigenvalue weighted by Gasteiger charge is -2.13. The van der Waals surface area contributed by atoms with Gasteiger partial charge in [-0.3, -0.25) is 0 Å². The molecule has 0 N–H and O–H groups in total. The molecular weight excluding hydrogens is 362 g/mol. The van der Waals surface area contributed by atoms with Crippen molar-refractivity contribution in [3.63, 3.8) is 0 Å². The number of aryl methyl sites for hydroxylation is 2. The van der Waals surface area contributed by atoms with Crippen LogP contribution in [0, 0.1) is 13.8 Å². The van der Waals surface area contributed by atoms with E-state index >= 15 is 0 Å². The Balaban J connectivity index is 1.63. The highest BCUT2D eigenvalue weighted by molar-refractivity contribution is 6.08. The van der Waals surface area contributed by atoms with Gasteiger partial charge >= 0.3 is 0 Å². The van der Waals surface area contributed by atoms with E-state index in [1.165, 1.54) is 60.0 Å². The van der Waals surface area contributed by atoms with Gasteiger partial charge in [-0.15, -0.1) is 0 Å². The number of aromatic nitrogens is 1. The van der Waals surface area contributed by atoms with Gasteiger partial charge in [-0.1, -0.05) is 66.7 Å². The van der Waals surface area contributed by atoms with Crippen molar-refractivity contribution in [3.05, 3.63) is 108 Å². The molecule has 0 aliphatic rings. The van der Waals surface area contributed by atoms with E-state index in [0.29, 0.717) is 0 Å². The second-order valence-electron chi connectivity index (χ2n) is 8.36. The van der Waals surface area contributed by atoms with E-state index in [0.717, 1.165) is 6.54 Å². The molecule has 0 bridgehead atoms. The van der Waals surface area contributed by atoms with Crippen LogP contribution in [0.5, 0.6) is 0 Å². The van der Waals surface area contributed by atoms with Crippen LogP contribution in [-0.4, -0.2) is 4.57 Å². The van der Waals surface area contributed by atoms with Gasteiger partial charge in [0.15, 0.2) is 0 Å². The van der Waals surface area contributed by atoms with Gasteiger partial charge < -0.3 is 4.57 Å². The van der Waals surface area contributed by atoms with Crippen molar-refractivity contribution < 1.29 is 0 Å². The first-order valence-corrected chi connectivity index (χ1v) is 10.6. The second kappa shape index (κ2) is 6.47. The van der Waals surface area contributed by atoms with Gasteiger partial charge in [0.2, 0.25) is 0 Å². The Bertz CT molecular complexity index is 1530. The van der Waals surface area contributed by atoms with Crippen molar-refractivity contribution in [2.45, 2.75) is 20.4 Å². The summed E-state index contributed by atoms with van der Waals surface area (Å²) in [6, 6.07) is 33.4. The number of fused-ring (bicyclic) bond motifs is 5. The zero-order valence-electron chi connectivity index (χ0n) is 17.3. The fourth-order valence-electron chi connectivity index (χ4n) is 4.95. The zero-order chi connectivity index (χ0) is 20.2. The third kappa shape index (κ3) is 2.48. The molecule has 0 amide bonds. The van der Waals surface area contributed by atoms with Crippen molar-refractivity contribution in [1.82, 2.24) is 4.57 Å². The van der Waals surface area contributed by atoms with Crippen LogP contribution in [0.1, 0.15) is 16.7 Å². The van der Waals surface area contributed by atoms with E-state index in [2.05, 4.69) is 109 Å². The molecule has 6 rings (SSSR count). The Morgan fingerprint density at radius 1 is 0.533 bits per heavy atom. The summed E-state index contributed by atoms with van der Waals surface area (Å²) in [6.45, 7) is 5.28. The fourth-order valence-corrected chi connectivity index (χ4v) is 4.95. The molecule has 0 fully saturated rings. The quantitative estimate of drug-likeness (QED) is 0.268. The van der Waals surface area contributed by atoms with Crippen LogP contribution in [0.25, 0.3) is 43.4 Å². The van der Waals surface area contributed by atoms with Gasteiger partial charge in [-0.05, 0) is 76.3 Å². The van der Waals surface area contributed by atoms with E-state index < -0.39 is 0 Å². The van der Waals surface area contributed by atoms with Crippen LogP contribution in [0.2, 0.25) is 0 Å². The van der Waals surface area contributed by atoms with Crippen LogP contribution >= 0.6 is 0 Å². The first-order valence-electron chi connectivity index (χ1n) is 10.6. The minimum absolute atomic E-state index is 0.863. The predicted molar refractivity (Wildman–Crippen MR) is 129 cm³/mol. The average molecular weight is 386 g/mol. The molecule has 30 heavy (non-hydrogen) atoms. The molecule has 1 heteroatoms. The molecule has 0 saturated carbocycles. The monoisotopic (exact) mass is 385 g/mol. The summed E-state index contributed by atoms with van der Waals surface area (Å²) >= 11 is 0. The number of para-hydroxylation sites is 2. The summed E-state index contributed by atoms with van der Waals surface area (Å²) in [5.74, 6) is 0. The molecular formula is C29H23N. The number of benzene rings is 5. The average Bonchev–Trinajstić information content (AvgIpc) is 3.10. The number of hydrogen-bond donors (Lipinski definition) is 0. The van der Waals surface area contributed by atoms with Gasteiger partial charge in [0, 0.05) is 28.4 Å². The van der Waals surface area contributed by atoms with Crippen LogP contribution in [0.15, 0.2) is 91.0 Å². The molecule has 1 nitrogen and oxygen atoms in total. The standard InChI is InChI=1S/C29H23N/c1-19-14-15-20(2)26-17-27-21(16-25(19)26)8-7-9-22(27)18-30-28-12-5-3-10-23(28)24-11-4-6-13-29(24)30/h3-17H,18H2,1-2H3. The lowest BCUT2D eigenvalue weighted by atomic mass is 9.95. The maximum atomic E-state index is 2.47. The van der Waals surface area contributed by atoms with Gasteiger partial charge in [0.1, 0.15) is 0 Å². The Labute approximate surface area is 176 Å². The van der Waals surface area contributed by atoms with Crippen molar-refractivity contribution >= 4 is 43.4 Å². The van der Waals surface area contributed by atoms with Crippen molar-refractivity contribution in [1.29, 1.82) is 0 Å². The Morgan fingerprint density at radius 2 is 1.13 bits per heavy atom. The van der Waals surface area contributed by atoms with E-state index in [-0.39, 0.29) is 0 Å². The molecule has 0 unspecified atom stereocenters. The van der Waals surface area contributed by atoms with Crippen molar-refractivity contribution in [3.8, 4) is 0 Å². The molecule has 0 radical (unpaired) electrons. The van der Waals surface area contributed by atoms with Crippen LogP contribution in [-0.2, 0) is 6.54 Å². The van der Waals surface area contributed by atoms with Gasteiger partial charge in [-0.25, -0.2) is 0 Å². The molecule has 5 aromatic carbocycles. The Hall–Kier alpha value is -3.58. The lowest BCUT2D eigenvalue weighted by molar-refractivity contribution is 0.876. The highest BCUT2D eigenvalue weighted by Gasteiger charge is 2.12. The van der Waals surface area contributed by atoms with Crippen LogP contribution < -0.4 is 0 Å². The fraction of sp³-hybridized carbons (Fsp3) is 0.103. The van der Waals surface area contributed by atoms with Gasteiger partial charge in [-0.2, -0.15) is 0 Å². The highest BCUT2D eigenvalue weighted by atomic mass is 15.0.